The zero-order valence-corrected chi connectivity index (χ0v) is 13.9. The number of anilines is 1. The lowest BCUT2D eigenvalue weighted by Gasteiger charge is -2.23. The molecule has 2 heterocycles. The SMILES string of the molecule is CC(C)Cn1nccc1NC(=O)NCC(C)(O)c1ccsc1. The number of carbonyl (C=O) groups excluding carboxylic acids is 1. The van der Waals surface area contributed by atoms with Crippen LogP contribution >= 0.6 is 11.3 Å². The van der Waals surface area contributed by atoms with E-state index in [0.717, 1.165) is 12.1 Å². The number of hydrogen-bond donors (Lipinski definition) is 3. The molecule has 120 valence electrons. The number of rotatable bonds is 6. The molecule has 2 aromatic rings. The van der Waals surface area contributed by atoms with Crippen LogP contribution in [-0.2, 0) is 12.1 Å². The number of aliphatic hydroxyl groups is 1. The van der Waals surface area contributed by atoms with Crippen LogP contribution in [0.15, 0.2) is 29.1 Å². The van der Waals surface area contributed by atoms with Crippen molar-refractivity contribution in [2.24, 2.45) is 5.92 Å². The summed E-state index contributed by atoms with van der Waals surface area (Å²) in [5, 5.41) is 23.8. The highest BCUT2D eigenvalue weighted by molar-refractivity contribution is 7.08. The molecule has 3 N–H and O–H groups in total. The Balaban J connectivity index is 1.90. The average molecular weight is 322 g/mol. The molecule has 7 heteroatoms. The zero-order valence-electron chi connectivity index (χ0n) is 13.0. The van der Waals surface area contributed by atoms with E-state index in [1.54, 1.807) is 23.9 Å². The summed E-state index contributed by atoms with van der Waals surface area (Å²) in [6.07, 6.45) is 1.65. The highest BCUT2D eigenvalue weighted by atomic mass is 32.1. The number of thiophene rings is 1. The maximum absolute atomic E-state index is 12.0. The van der Waals surface area contributed by atoms with Crippen molar-refractivity contribution in [3.63, 3.8) is 0 Å². The maximum atomic E-state index is 12.0. The van der Waals surface area contributed by atoms with Crippen LogP contribution in [-0.4, -0.2) is 27.5 Å². The van der Waals surface area contributed by atoms with Crippen molar-refractivity contribution in [2.45, 2.75) is 32.9 Å². The summed E-state index contributed by atoms with van der Waals surface area (Å²) >= 11 is 1.51. The Kier molecular flexibility index (Phi) is 5.20. The average Bonchev–Trinajstić information content (AvgIpc) is 3.09. The van der Waals surface area contributed by atoms with Gasteiger partial charge in [0.1, 0.15) is 11.4 Å². The largest absolute Gasteiger partial charge is 0.384 e. The first kappa shape index (κ1) is 16.5. The van der Waals surface area contributed by atoms with Crippen molar-refractivity contribution < 1.29 is 9.90 Å². The molecule has 0 saturated carbocycles. The van der Waals surface area contributed by atoms with Crippen molar-refractivity contribution in [3.8, 4) is 0 Å². The van der Waals surface area contributed by atoms with Gasteiger partial charge in [-0.05, 0) is 35.2 Å². The van der Waals surface area contributed by atoms with Gasteiger partial charge in [-0.3, -0.25) is 5.32 Å². The molecule has 0 aliphatic carbocycles. The Morgan fingerprint density at radius 2 is 2.27 bits per heavy atom. The van der Waals surface area contributed by atoms with Gasteiger partial charge in [0.05, 0.1) is 12.7 Å². The van der Waals surface area contributed by atoms with E-state index in [4.69, 9.17) is 0 Å². The van der Waals surface area contributed by atoms with Gasteiger partial charge in [0.15, 0.2) is 0 Å². The molecule has 0 aliphatic rings. The molecule has 22 heavy (non-hydrogen) atoms. The van der Waals surface area contributed by atoms with Crippen molar-refractivity contribution >= 4 is 23.2 Å². The van der Waals surface area contributed by atoms with E-state index in [9.17, 15) is 9.90 Å². The van der Waals surface area contributed by atoms with Crippen molar-refractivity contribution in [3.05, 3.63) is 34.7 Å². The third-order valence-corrected chi connectivity index (χ3v) is 3.92. The molecule has 0 radical (unpaired) electrons. The number of hydrogen-bond acceptors (Lipinski definition) is 4. The molecular weight excluding hydrogens is 300 g/mol. The van der Waals surface area contributed by atoms with Crippen LogP contribution in [0.2, 0.25) is 0 Å². The quantitative estimate of drug-likeness (QED) is 0.765. The van der Waals surface area contributed by atoms with E-state index in [2.05, 4.69) is 29.6 Å². The molecule has 0 aliphatic heterocycles. The van der Waals surface area contributed by atoms with Gasteiger partial charge in [-0.15, -0.1) is 0 Å². The summed E-state index contributed by atoms with van der Waals surface area (Å²) in [5.41, 5.74) is -0.294. The van der Waals surface area contributed by atoms with E-state index < -0.39 is 5.60 Å². The molecular formula is C15H22N4O2S. The number of nitrogens with one attached hydrogen (secondary N) is 2. The van der Waals surface area contributed by atoms with Gasteiger partial charge in [-0.1, -0.05) is 13.8 Å². The molecule has 1 unspecified atom stereocenters. The summed E-state index contributed by atoms with van der Waals surface area (Å²) < 4.78 is 1.75. The summed E-state index contributed by atoms with van der Waals surface area (Å²) in [6.45, 7) is 6.72. The molecule has 0 saturated heterocycles. The topological polar surface area (TPSA) is 79.2 Å². The minimum Gasteiger partial charge on any atom is -0.384 e. The van der Waals surface area contributed by atoms with Crippen LogP contribution in [0.25, 0.3) is 0 Å². The molecule has 0 spiro atoms. The zero-order chi connectivity index (χ0) is 16.2. The first-order chi connectivity index (χ1) is 10.4. The van der Waals surface area contributed by atoms with Gasteiger partial charge in [0, 0.05) is 12.6 Å². The highest BCUT2D eigenvalue weighted by Gasteiger charge is 2.24. The van der Waals surface area contributed by atoms with Crippen LogP contribution in [0.5, 0.6) is 0 Å². The molecule has 1 atom stereocenters. The number of nitrogens with zero attached hydrogens (tertiary/aromatic N) is 2. The molecule has 2 rings (SSSR count). The molecule has 2 amide bonds. The summed E-state index contributed by atoms with van der Waals surface area (Å²) in [7, 11) is 0. The third kappa shape index (κ3) is 4.32. The summed E-state index contributed by atoms with van der Waals surface area (Å²) in [6, 6.07) is 3.24. The van der Waals surface area contributed by atoms with Crippen LogP contribution < -0.4 is 10.6 Å². The number of amides is 2. The Labute approximate surface area is 134 Å². The lowest BCUT2D eigenvalue weighted by atomic mass is 9.99. The van der Waals surface area contributed by atoms with Crippen LogP contribution in [0.3, 0.4) is 0 Å². The van der Waals surface area contributed by atoms with Gasteiger partial charge >= 0.3 is 6.03 Å². The standard InChI is InChI=1S/C15H22N4O2S/c1-11(2)8-19-13(4-6-17-19)18-14(20)16-10-15(3,21)12-5-7-22-9-12/h4-7,9,11,21H,8,10H2,1-3H3,(H2,16,18,20). The van der Waals surface area contributed by atoms with Crippen LogP contribution in [0.1, 0.15) is 26.3 Å². The molecule has 0 bridgehead atoms. The Morgan fingerprint density at radius 1 is 1.50 bits per heavy atom. The Bertz CT molecular complexity index is 605. The normalized spacial score (nSPS) is 13.9. The maximum Gasteiger partial charge on any atom is 0.320 e. The van der Waals surface area contributed by atoms with E-state index >= 15 is 0 Å². The lowest BCUT2D eigenvalue weighted by Crippen LogP contribution is -2.40. The Morgan fingerprint density at radius 3 is 2.91 bits per heavy atom. The monoisotopic (exact) mass is 322 g/mol. The Hall–Kier alpha value is -1.86. The molecule has 2 aromatic heterocycles. The number of aromatic nitrogens is 2. The van der Waals surface area contributed by atoms with Crippen molar-refractivity contribution in [1.29, 1.82) is 0 Å². The second kappa shape index (κ2) is 6.93. The third-order valence-electron chi connectivity index (χ3n) is 3.23. The van der Waals surface area contributed by atoms with Crippen molar-refractivity contribution in [2.75, 3.05) is 11.9 Å². The summed E-state index contributed by atoms with van der Waals surface area (Å²) in [5.74, 6) is 1.07. The van der Waals surface area contributed by atoms with E-state index in [1.165, 1.54) is 11.3 Å². The predicted molar refractivity (Wildman–Crippen MR) is 88.0 cm³/mol. The fraction of sp³-hybridized carbons (Fsp3) is 0.467. The predicted octanol–water partition coefficient (Wildman–Crippen LogP) is 2.63. The van der Waals surface area contributed by atoms with Gasteiger partial charge in [0.25, 0.3) is 0 Å². The lowest BCUT2D eigenvalue weighted by molar-refractivity contribution is 0.0604. The van der Waals surface area contributed by atoms with Gasteiger partial charge < -0.3 is 10.4 Å². The first-order valence-corrected chi connectivity index (χ1v) is 8.14. The first-order valence-electron chi connectivity index (χ1n) is 7.20. The fourth-order valence-electron chi connectivity index (χ4n) is 2.02. The second-order valence-electron chi connectivity index (χ2n) is 5.89. The van der Waals surface area contributed by atoms with Gasteiger partial charge in [-0.25, -0.2) is 9.48 Å². The number of carbonyl (C=O) groups is 1. The minimum atomic E-state index is -1.09. The van der Waals surface area contributed by atoms with Gasteiger partial charge in [-0.2, -0.15) is 16.4 Å². The number of urea groups is 1. The van der Waals surface area contributed by atoms with E-state index in [0.29, 0.717) is 11.7 Å². The van der Waals surface area contributed by atoms with E-state index in [-0.39, 0.29) is 12.6 Å². The van der Waals surface area contributed by atoms with Gasteiger partial charge in [0.2, 0.25) is 0 Å². The van der Waals surface area contributed by atoms with Crippen LogP contribution in [0, 0.1) is 5.92 Å². The smallest absolute Gasteiger partial charge is 0.320 e. The van der Waals surface area contributed by atoms with E-state index in [1.807, 2.05) is 16.8 Å². The molecule has 0 fully saturated rings. The highest BCUT2D eigenvalue weighted by Crippen LogP contribution is 2.22. The fourth-order valence-corrected chi connectivity index (χ4v) is 2.80. The minimum absolute atomic E-state index is 0.133. The molecule has 0 aromatic carbocycles. The summed E-state index contributed by atoms with van der Waals surface area (Å²) in [4.78, 5) is 12.0. The van der Waals surface area contributed by atoms with Crippen LogP contribution in [0.4, 0.5) is 10.6 Å². The molecule has 6 nitrogen and oxygen atoms in total. The van der Waals surface area contributed by atoms with Crippen molar-refractivity contribution in [1.82, 2.24) is 15.1 Å². The second-order valence-corrected chi connectivity index (χ2v) is 6.67.